The summed E-state index contributed by atoms with van der Waals surface area (Å²) >= 11 is 17.0. The first kappa shape index (κ1) is 25.1. The highest BCUT2D eigenvalue weighted by molar-refractivity contribution is 7.80. The van der Waals surface area contributed by atoms with Gasteiger partial charge in [-0.3, -0.25) is 0 Å². The van der Waals surface area contributed by atoms with Gasteiger partial charge in [-0.05, 0) is 87.9 Å². The van der Waals surface area contributed by atoms with E-state index in [2.05, 4.69) is 39.8 Å². The number of thiocarbonyl (C=S) groups is 2. The highest BCUT2D eigenvalue weighted by Gasteiger charge is 2.11. The minimum absolute atomic E-state index is 0.558. The normalized spacial score (nSPS) is 10.5. The number of nitrogens with one attached hydrogen (secondary N) is 3. The third-order valence-corrected chi connectivity index (χ3v) is 5.27. The second kappa shape index (κ2) is 13.3. The fourth-order valence-electron chi connectivity index (χ4n) is 2.81. The van der Waals surface area contributed by atoms with Gasteiger partial charge in [0.2, 0.25) is 0 Å². The fourth-order valence-corrected chi connectivity index (χ4v) is 3.46. The van der Waals surface area contributed by atoms with Crippen molar-refractivity contribution in [2.45, 2.75) is 6.42 Å². The Morgan fingerprint density at radius 2 is 1.71 bits per heavy atom. The summed E-state index contributed by atoms with van der Waals surface area (Å²) in [4.78, 5) is 4.32. The maximum absolute atomic E-state index is 5.92. The Kier molecular flexibility index (Phi) is 10.8. The lowest BCUT2D eigenvalue weighted by Gasteiger charge is -2.27. The molecule has 0 aliphatic heterocycles. The van der Waals surface area contributed by atoms with Crippen molar-refractivity contribution >= 4 is 57.6 Å². The van der Waals surface area contributed by atoms with Crippen LogP contribution in [-0.2, 0) is 0 Å². The number of methoxy groups -OCH3 is 1. The summed E-state index contributed by atoms with van der Waals surface area (Å²) in [5, 5.41) is 11.6. The molecule has 0 spiro atoms. The number of hydrogen-bond donors (Lipinski definition) is 3. The van der Waals surface area contributed by atoms with Gasteiger partial charge in [0.1, 0.15) is 5.75 Å². The molecule has 0 aliphatic carbocycles. The van der Waals surface area contributed by atoms with Crippen LogP contribution in [0.4, 0.5) is 11.4 Å². The summed E-state index contributed by atoms with van der Waals surface area (Å²) in [5.41, 5.74) is 1.79. The molecule has 168 valence electrons. The molecular weight excluding hydrogens is 450 g/mol. The van der Waals surface area contributed by atoms with Crippen molar-refractivity contribution in [2.75, 3.05) is 58.0 Å². The highest BCUT2D eigenvalue weighted by atomic mass is 35.5. The van der Waals surface area contributed by atoms with E-state index in [1.54, 1.807) is 7.11 Å². The molecule has 2 aromatic carbocycles. The summed E-state index contributed by atoms with van der Waals surface area (Å²) in [6.07, 6.45) is 1.00. The molecule has 9 heteroatoms. The number of rotatable bonds is 10. The predicted octanol–water partition coefficient (Wildman–Crippen LogP) is 4.29. The van der Waals surface area contributed by atoms with E-state index in [9.17, 15) is 0 Å². The minimum Gasteiger partial charge on any atom is -0.497 e. The molecule has 0 atom stereocenters. The average molecular weight is 480 g/mol. The van der Waals surface area contributed by atoms with Gasteiger partial charge in [-0.15, -0.1) is 0 Å². The standard InChI is InChI=1S/C22H30ClN5OS2/c1-27(2)13-5-14-28(22(31)26-19-6-4-7-20(16-19)29-3)15-12-24-21(30)25-18-10-8-17(23)9-11-18/h4,6-11,16H,5,12-15H2,1-3H3,(H,26,31)(H2,24,25,30). The van der Waals surface area contributed by atoms with Crippen LogP contribution < -0.4 is 20.7 Å². The van der Waals surface area contributed by atoms with Crippen LogP contribution in [0.2, 0.25) is 5.02 Å². The summed E-state index contributed by atoms with van der Waals surface area (Å²) in [7, 11) is 5.79. The Bertz CT molecular complexity index is 848. The predicted molar refractivity (Wildman–Crippen MR) is 140 cm³/mol. The van der Waals surface area contributed by atoms with Gasteiger partial charge in [0.05, 0.1) is 7.11 Å². The number of hydrogen-bond acceptors (Lipinski definition) is 4. The number of halogens is 1. The van der Waals surface area contributed by atoms with E-state index in [1.165, 1.54) is 0 Å². The molecule has 2 rings (SSSR count). The van der Waals surface area contributed by atoms with Crippen LogP contribution in [0.25, 0.3) is 0 Å². The monoisotopic (exact) mass is 479 g/mol. The number of anilines is 2. The third-order valence-electron chi connectivity index (χ3n) is 4.41. The van der Waals surface area contributed by atoms with E-state index < -0.39 is 0 Å². The SMILES string of the molecule is COc1cccc(NC(=S)N(CCCN(C)C)CCNC(=S)Nc2ccc(Cl)cc2)c1. The molecule has 0 saturated heterocycles. The largest absolute Gasteiger partial charge is 0.497 e. The van der Waals surface area contributed by atoms with Crippen LogP contribution >= 0.6 is 36.0 Å². The summed E-state index contributed by atoms with van der Waals surface area (Å²) < 4.78 is 5.29. The lowest BCUT2D eigenvalue weighted by molar-refractivity contribution is 0.351. The van der Waals surface area contributed by atoms with Crippen molar-refractivity contribution in [3.8, 4) is 5.75 Å². The van der Waals surface area contributed by atoms with E-state index in [0.717, 1.165) is 36.6 Å². The molecule has 3 N–H and O–H groups in total. The molecule has 0 aliphatic rings. The Balaban J connectivity index is 1.89. The molecule has 0 bridgehead atoms. The first-order valence-electron chi connectivity index (χ1n) is 10.0. The molecule has 0 saturated carbocycles. The van der Waals surface area contributed by atoms with Gasteiger partial charge in [-0.25, -0.2) is 0 Å². The first-order valence-corrected chi connectivity index (χ1v) is 11.2. The van der Waals surface area contributed by atoms with E-state index >= 15 is 0 Å². The van der Waals surface area contributed by atoms with E-state index in [1.807, 2.05) is 48.5 Å². The maximum atomic E-state index is 5.92. The second-order valence-corrected chi connectivity index (χ2v) is 8.43. The van der Waals surface area contributed by atoms with Gasteiger partial charge >= 0.3 is 0 Å². The zero-order chi connectivity index (χ0) is 22.6. The smallest absolute Gasteiger partial charge is 0.173 e. The minimum atomic E-state index is 0.558. The highest BCUT2D eigenvalue weighted by Crippen LogP contribution is 2.17. The van der Waals surface area contributed by atoms with Crippen LogP contribution in [0.3, 0.4) is 0 Å². The summed E-state index contributed by atoms with van der Waals surface area (Å²) in [5.74, 6) is 0.784. The van der Waals surface area contributed by atoms with Crippen molar-refractivity contribution < 1.29 is 4.74 Å². The van der Waals surface area contributed by atoms with E-state index in [0.29, 0.717) is 28.3 Å². The van der Waals surface area contributed by atoms with Crippen LogP contribution in [0, 0.1) is 0 Å². The average Bonchev–Trinajstić information content (AvgIpc) is 2.74. The third kappa shape index (κ3) is 9.69. The molecule has 31 heavy (non-hydrogen) atoms. The molecule has 6 nitrogen and oxygen atoms in total. The van der Waals surface area contributed by atoms with Gasteiger partial charge in [0.15, 0.2) is 10.2 Å². The molecule has 0 aromatic heterocycles. The van der Waals surface area contributed by atoms with Crippen LogP contribution in [-0.4, -0.2) is 67.4 Å². The molecule has 0 amide bonds. The van der Waals surface area contributed by atoms with Crippen molar-refractivity contribution in [2.24, 2.45) is 0 Å². The van der Waals surface area contributed by atoms with Crippen molar-refractivity contribution in [3.63, 3.8) is 0 Å². The Morgan fingerprint density at radius 3 is 2.39 bits per heavy atom. The number of ether oxygens (including phenoxy) is 1. The molecule has 0 fully saturated rings. The Morgan fingerprint density at radius 1 is 0.968 bits per heavy atom. The quantitative estimate of drug-likeness (QED) is 0.436. The molecule has 0 radical (unpaired) electrons. The first-order chi connectivity index (χ1) is 14.9. The number of benzene rings is 2. The van der Waals surface area contributed by atoms with E-state index in [4.69, 9.17) is 40.8 Å². The van der Waals surface area contributed by atoms with E-state index in [-0.39, 0.29) is 0 Å². The Hall–Kier alpha value is -2.13. The van der Waals surface area contributed by atoms with Gasteiger partial charge in [-0.1, -0.05) is 17.7 Å². The molecule has 0 unspecified atom stereocenters. The fraction of sp³-hybridized carbons (Fsp3) is 0.364. The van der Waals surface area contributed by atoms with Gasteiger partial charge in [-0.2, -0.15) is 0 Å². The van der Waals surface area contributed by atoms with Gasteiger partial charge < -0.3 is 30.5 Å². The van der Waals surface area contributed by atoms with Crippen molar-refractivity contribution in [1.29, 1.82) is 0 Å². The maximum Gasteiger partial charge on any atom is 0.173 e. The van der Waals surface area contributed by atoms with Crippen molar-refractivity contribution in [3.05, 3.63) is 53.6 Å². The van der Waals surface area contributed by atoms with Gasteiger partial charge in [0.25, 0.3) is 0 Å². The topological polar surface area (TPSA) is 51.8 Å². The zero-order valence-electron chi connectivity index (χ0n) is 18.2. The molecule has 2 aromatic rings. The summed E-state index contributed by atoms with van der Waals surface area (Å²) in [6, 6.07) is 15.1. The second-order valence-electron chi connectivity index (χ2n) is 7.19. The van der Waals surface area contributed by atoms with Gasteiger partial charge in [0, 0.05) is 42.1 Å². The van der Waals surface area contributed by atoms with Crippen LogP contribution in [0.5, 0.6) is 5.75 Å². The number of nitrogens with zero attached hydrogens (tertiary/aromatic N) is 2. The van der Waals surface area contributed by atoms with Crippen LogP contribution in [0.15, 0.2) is 48.5 Å². The lowest BCUT2D eigenvalue weighted by atomic mass is 10.3. The molecular formula is C22H30ClN5OS2. The van der Waals surface area contributed by atoms with Crippen molar-refractivity contribution in [1.82, 2.24) is 15.1 Å². The Labute approximate surface area is 200 Å². The zero-order valence-corrected chi connectivity index (χ0v) is 20.5. The van der Waals surface area contributed by atoms with Crippen LogP contribution in [0.1, 0.15) is 6.42 Å². The molecule has 0 heterocycles. The lowest BCUT2D eigenvalue weighted by Crippen LogP contribution is -2.42. The summed E-state index contributed by atoms with van der Waals surface area (Å²) in [6.45, 7) is 3.20.